The van der Waals surface area contributed by atoms with Gasteiger partial charge in [0.2, 0.25) is 10.0 Å². The molecule has 0 bridgehead atoms. The Bertz CT molecular complexity index is 1020. The molecular weight excluding hydrogens is 438 g/mol. The number of likely N-dealkylation sites (N-methyl/N-ethyl adjacent to an activating group) is 1. The normalized spacial score (nSPS) is 22.4. The smallest absolute Gasteiger partial charge is 0.216 e. The minimum absolute atomic E-state index is 0.0521. The van der Waals surface area contributed by atoms with Gasteiger partial charge in [-0.25, -0.2) is 13.1 Å². The molecule has 2 aliphatic rings. The molecule has 10 heteroatoms. The molecule has 0 amide bonds. The largest absolute Gasteiger partial charge is 0.308 e. The summed E-state index contributed by atoms with van der Waals surface area (Å²) in [6.45, 7) is 11.6. The molecule has 0 N–H and O–H groups in total. The highest BCUT2D eigenvalue weighted by molar-refractivity contribution is 7.89. The second-order valence-electron chi connectivity index (χ2n) is 9.81. The Labute approximate surface area is 198 Å². The summed E-state index contributed by atoms with van der Waals surface area (Å²) in [5, 5.41) is 8.48. The van der Waals surface area contributed by atoms with Gasteiger partial charge in [-0.15, -0.1) is 5.10 Å². The fourth-order valence-electron chi connectivity index (χ4n) is 4.84. The van der Waals surface area contributed by atoms with Gasteiger partial charge in [0, 0.05) is 51.9 Å². The first-order valence-electron chi connectivity index (χ1n) is 11.7. The van der Waals surface area contributed by atoms with Gasteiger partial charge >= 0.3 is 0 Å². The molecule has 2 aromatic rings. The number of aryl methyl sites for hydroxylation is 2. The van der Waals surface area contributed by atoms with Crippen LogP contribution in [-0.4, -0.2) is 114 Å². The first-order valence-corrected chi connectivity index (χ1v) is 13.3. The number of benzene rings is 1. The average Bonchev–Trinajstić information content (AvgIpc) is 3.29. The lowest BCUT2D eigenvalue weighted by Crippen LogP contribution is -2.52. The van der Waals surface area contributed by atoms with E-state index in [1.54, 1.807) is 8.99 Å². The van der Waals surface area contributed by atoms with E-state index in [-0.39, 0.29) is 18.3 Å². The number of hydrogen-bond donors (Lipinski definition) is 0. The molecule has 3 heterocycles. The van der Waals surface area contributed by atoms with Crippen LogP contribution in [0.3, 0.4) is 0 Å². The highest BCUT2D eigenvalue weighted by atomic mass is 32.2. The Morgan fingerprint density at radius 1 is 1.03 bits per heavy atom. The highest BCUT2D eigenvalue weighted by Crippen LogP contribution is 2.22. The molecule has 4 rings (SSSR count). The lowest BCUT2D eigenvalue weighted by Gasteiger charge is -2.37. The van der Waals surface area contributed by atoms with Crippen LogP contribution < -0.4 is 0 Å². The summed E-state index contributed by atoms with van der Waals surface area (Å²) in [7, 11) is 0.902. The first kappa shape index (κ1) is 24.3. The predicted octanol–water partition coefficient (Wildman–Crippen LogP) is 0.636. The molecule has 1 aromatic heterocycles. The molecule has 9 nitrogen and oxygen atoms in total. The van der Waals surface area contributed by atoms with Crippen molar-refractivity contribution in [2.75, 3.05) is 65.7 Å². The maximum Gasteiger partial charge on any atom is 0.216 e. The van der Waals surface area contributed by atoms with Gasteiger partial charge in [0.05, 0.1) is 30.7 Å². The summed E-state index contributed by atoms with van der Waals surface area (Å²) in [4.78, 5) is 7.01. The van der Waals surface area contributed by atoms with E-state index in [1.165, 1.54) is 16.7 Å². The number of hydrogen-bond acceptors (Lipinski definition) is 7. The number of aromatic nitrogens is 3. The summed E-state index contributed by atoms with van der Waals surface area (Å²) in [6, 6.07) is 6.49. The van der Waals surface area contributed by atoms with Gasteiger partial charge in [-0.05, 0) is 33.5 Å². The maximum atomic E-state index is 12.9. The summed E-state index contributed by atoms with van der Waals surface area (Å²) >= 11 is 0. The lowest BCUT2D eigenvalue weighted by atomic mass is 10.1. The molecule has 1 aromatic carbocycles. The summed E-state index contributed by atoms with van der Waals surface area (Å²) in [6.07, 6.45) is 1.87. The van der Waals surface area contributed by atoms with Gasteiger partial charge in [0.1, 0.15) is 0 Å². The standard InChI is InChI=1S/C23H37N7O2S/c1-19-11-20(2)13-21(12-19)14-29-15-22(24-25-29)16-30-17-23(18-33(30,31)32)28-9-7-27(8-10-28)6-5-26(3)4/h11-13,15,23H,5-10,14,16-18H2,1-4H3. The number of piperazine rings is 1. The third-order valence-corrected chi connectivity index (χ3v) is 8.42. The summed E-state index contributed by atoms with van der Waals surface area (Å²) < 4.78 is 29.1. The van der Waals surface area contributed by atoms with Crippen molar-refractivity contribution < 1.29 is 8.42 Å². The predicted molar refractivity (Wildman–Crippen MR) is 130 cm³/mol. The van der Waals surface area contributed by atoms with Crippen molar-refractivity contribution in [3.8, 4) is 0 Å². The molecular formula is C23H37N7O2S. The number of sulfonamides is 1. The van der Waals surface area contributed by atoms with E-state index >= 15 is 0 Å². The van der Waals surface area contributed by atoms with E-state index in [9.17, 15) is 8.42 Å². The van der Waals surface area contributed by atoms with Gasteiger partial charge < -0.3 is 4.90 Å². The second-order valence-corrected chi connectivity index (χ2v) is 11.8. The zero-order valence-electron chi connectivity index (χ0n) is 20.3. The van der Waals surface area contributed by atoms with Crippen LogP contribution in [0.1, 0.15) is 22.4 Å². The quantitative estimate of drug-likeness (QED) is 0.554. The van der Waals surface area contributed by atoms with Crippen molar-refractivity contribution in [3.63, 3.8) is 0 Å². The third kappa shape index (κ3) is 6.39. The minimum atomic E-state index is -3.29. The van der Waals surface area contributed by atoms with Gasteiger partial charge in [0.25, 0.3) is 0 Å². The minimum Gasteiger partial charge on any atom is -0.308 e. The summed E-state index contributed by atoms with van der Waals surface area (Å²) in [5.74, 6) is 0.196. The van der Waals surface area contributed by atoms with Crippen molar-refractivity contribution in [2.45, 2.75) is 33.0 Å². The number of rotatable bonds is 8. The zero-order chi connectivity index (χ0) is 23.6. The van der Waals surface area contributed by atoms with Gasteiger partial charge in [0.15, 0.2) is 0 Å². The Kier molecular flexibility index (Phi) is 7.49. The lowest BCUT2D eigenvalue weighted by molar-refractivity contribution is 0.0964. The monoisotopic (exact) mass is 475 g/mol. The first-order chi connectivity index (χ1) is 15.7. The van der Waals surface area contributed by atoms with Gasteiger partial charge in [-0.1, -0.05) is 34.5 Å². The van der Waals surface area contributed by atoms with E-state index < -0.39 is 10.0 Å². The van der Waals surface area contributed by atoms with E-state index in [0.29, 0.717) is 18.8 Å². The second kappa shape index (κ2) is 10.2. The van der Waals surface area contributed by atoms with Crippen LogP contribution in [0.25, 0.3) is 0 Å². The van der Waals surface area contributed by atoms with Crippen molar-refractivity contribution >= 4 is 10.0 Å². The number of nitrogens with zero attached hydrogens (tertiary/aromatic N) is 7. The van der Waals surface area contributed by atoms with E-state index in [1.807, 2.05) is 6.20 Å². The van der Waals surface area contributed by atoms with E-state index in [4.69, 9.17) is 0 Å². The Morgan fingerprint density at radius 3 is 2.39 bits per heavy atom. The fourth-order valence-corrected chi connectivity index (χ4v) is 6.58. The van der Waals surface area contributed by atoms with E-state index in [0.717, 1.165) is 39.3 Å². The maximum absolute atomic E-state index is 12.9. The van der Waals surface area contributed by atoms with Gasteiger partial charge in [-0.3, -0.25) is 9.80 Å². The highest BCUT2D eigenvalue weighted by Gasteiger charge is 2.40. The van der Waals surface area contributed by atoms with Crippen LogP contribution in [-0.2, 0) is 23.1 Å². The van der Waals surface area contributed by atoms with Crippen LogP contribution >= 0.6 is 0 Å². The SMILES string of the molecule is Cc1cc(C)cc(Cn2cc(CN3CC(N4CCN(CCN(C)C)CC4)CS3(=O)=O)nn2)c1. The molecule has 0 saturated carbocycles. The molecule has 2 saturated heterocycles. The van der Waals surface area contributed by atoms with Crippen molar-refractivity contribution in [1.82, 2.24) is 34.0 Å². The fraction of sp³-hybridized carbons (Fsp3) is 0.652. The molecule has 2 fully saturated rings. The topological polar surface area (TPSA) is 77.8 Å². The Balaban J connectivity index is 1.32. The van der Waals surface area contributed by atoms with Gasteiger partial charge in [-0.2, -0.15) is 4.31 Å². The molecule has 0 spiro atoms. The molecule has 182 valence electrons. The molecule has 0 aliphatic carbocycles. The van der Waals surface area contributed by atoms with Crippen LogP contribution in [0, 0.1) is 13.8 Å². The Hall–Kier alpha value is -1.85. The van der Waals surface area contributed by atoms with Crippen LogP contribution in [0.5, 0.6) is 0 Å². The molecule has 2 aliphatic heterocycles. The van der Waals surface area contributed by atoms with Crippen LogP contribution in [0.4, 0.5) is 0 Å². The van der Waals surface area contributed by atoms with Crippen LogP contribution in [0.2, 0.25) is 0 Å². The molecule has 33 heavy (non-hydrogen) atoms. The molecule has 1 unspecified atom stereocenters. The third-order valence-electron chi connectivity index (χ3n) is 6.55. The zero-order valence-corrected chi connectivity index (χ0v) is 21.1. The molecule has 0 radical (unpaired) electrons. The van der Waals surface area contributed by atoms with Crippen LogP contribution in [0.15, 0.2) is 24.4 Å². The van der Waals surface area contributed by atoms with E-state index in [2.05, 4.69) is 71.2 Å². The summed E-state index contributed by atoms with van der Waals surface area (Å²) in [5.41, 5.74) is 4.30. The van der Waals surface area contributed by atoms with Crippen molar-refractivity contribution in [3.05, 3.63) is 46.8 Å². The molecule has 1 atom stereocenters. The van der Waals surface area contributed by atoms with Crippen molar-refractivity contribution in [1.29, 1.82) is 0 Å². The average molecular weight is 476 g/mol. The van der Waals surface area contributed by atoms with Crippen molar-refractivity contribution in [2.24, 2.45) is 0 Å². The Morgan fingerprint density at radius 2 is 1.73 bits per heavy atom.